The fourth-order valence-electron chi connectivity index (χ4n) is 5.40. The molecule has 2 saturated heterocycles. The van der Waals surface area contributed by atoms with Crippen molar-refractivity contribution in [3.05, 3.63) is 64.7 Å². The van der Waals surface area contributed by atoms with Gasteiger partial charge in [0.2, 0.25) is 5.91 Å². The lowest BCUT2D eigenvalue weighted by Gasteiger charge is -2.43. The summed E-state index contributed by atoms with van der Waals surface area (Å²) in [6, 6.07) is 13.4. The van der Waals surface area contributed by atoms with Crippen LogP contribution in [-0.4, -0.2) is 50.7 Å². The summed E-state index contributed by atoms with van der Waals surface area (Å²) in [6.07, 6.45) is -3.54. The summed E-state index contributed by atoms with van der Waals surface area (Å²) in [7, 11) is 1.63. The van der Waals surface area contributed by atoms with Gasteiger partial charge in [0.05, 0.1) is 30.2 Å². The van der Waals surface area contributed by atoms with Crippen LogP contribution < -0.4 is 4.90 Å². The topological polar surface area (TPSA) is 56.6 Å². The molecule has 2 aliphatic heterocycles. The van der Waals surface area contributed by atoms with Crippen molar-refractivity contribution >= 4 is 11.6 Å². The van der Waals surface area contributed by atoms with Gasteiger partial charge >= 0.3 is 6.18 Å². The van der Waals surface area contributed by atoms with Gasteiger partial charge in [-0.25, -0.2) is 0 Å². The molecule has 2 aliphatic rings. The molecular weight excluding hydrogens is 443 g/mol. The van der Waals surface area contributed by atoms with Gasteiger partial charge in [0.1, 0.15) is 0 Å². The normalized spacial score (nSPS) is 22.4. The first-order chi connectivity index (χ1) is 16.1. The van der Waals surface area contributed by atoms with Crippen LogP contribution in [0.15, 0.2) is 42.5 Å². The lowest BCUT2D eigenvalue weighted by Crippen LogP contribution is -2.51. The third-order valence-electron chi connectivity index (χ3n) is 7.15. The van der Waals surface area contributed by atoms with Gasteiger partial charge in [0, 0.05) is 50.3 Å². The minimum absolute atomic E-state index is 0.0628. The van der Waals surface area contributed by atoms with Crippen LogP contribution in [0.2, 0.25) is 0 Å². The number of rotatable bonds is 5. The minimum Gasteiger partial charge on any atom is -0.384 e. The maximum Gasteiger partial charge on any atom is 0.417 e. The van der Waals surface area contributed by atoms with E-state index in [1.165, 1.54) is 6.07 Å². The smallest absolute Gasteiger partial charge is 0.384 e. The van der Waals surface area contributed by atoms with Gasteiger partial charge in [-0.1, -0.05) is 29.8 Å². The van der Waals surface area contributed by atoms with Gasteiger partial charge < -0.3 is 14.5 Å². The molecule has 0 aliphatic carbocycles. The van der Waals surface area contributed by atoms with Gasteiger partial charge in [-0.3, -0.25) is 4.79 Å². The summed E-state index contributed by atoms with van der Waals surface area (Å²) >= 11 is 0. The summed E-state index contributed by atoms with van der Waals surface area (Å²) in [5.41, 5.74) is 0.986. The molecule has 0 N–H and O–H groups in total. The average molecular weight is 472 g/mol. The molecule has 2 fully saturated rings. The molecule has 0 saturated carbocycles. The van der Waals surface area contributed by atoms with Crippen molar-refractivity contribution in [1.82, 2.24) is 4.90 Å². The maximum absolute atomic E-state index is 13.5. The van der Waals surface area contributed by atoms with E-state index in [1.54, 1.807) is 19.2 Å². The number of piperidine rings is 1. The molecule has 8 heteroatoms. The number of fused-ring (bicyclic) bond motifs is 1. The zero-order valence-corrected chi connectivity index (χ0v) is 19.4. The first kappa shape index (κ1) is 24.1. The Morgan fingerprint density at radius 2 is 2.03 bits per heavy atom. The molecule has 0 spiro atoms. The van der Waals surface area contributed by atoms with Crippen molar-refractivity contribution in [1.29, 1.82) is 5.26 Å². The van der Waals surface area contributed by atoms with Gasteiger partial charge in [-0.05, 0) is 37.1 Å². The number of nitriles is 1. The minimum atomic E-state index is -4.60. The molecule has 2 aromatic rings. The van der Waals surface area contributed by atoms with E-state index in [1.807, 2.05) is 41.0 Å². The van der Waals surface area contributed by atoms with Crippen molar-refractivity contribution in [2.75, 3.05) is 44.8 Å². The van der Waals surface area contributed by atoms with Crippen molar-refractivity contribution in [3.8, 4) is 6.07 Å². The number of nitrogens with zero attached hydrogens (tertiary/aromatic N) is 3. The third kappa shape index (κ3) is 4.76. The Kier molecular flexibility index (Phi) is 6.59. The molecule has 2 heterocycles. The predicted molar refractivity (Wildman–Crippen MR) is 122 cm³/mol. The Morgan fingerprint density at radius 1 is 1.24 bits per heavy atom. The highest BCUT2D eigenvalue weighted by atomic mass is 19.4. The number of carbonyl (C=O) groups is 1. The van der Waals surface area contributed by atoms with Crippen LogP contribution in [0.4, 0.5) is 18.9 Å². The van der Waals surface area contributed by atoms with E-state index in [0.29, 0.717) is 44.9 Å². The van der Waals surface area contributed by atoms with Crippen molar-refractivity contribution in [3.63, 3.8) is 0 Å². The number of halogens is 3. The standard InChI is InChI=1S/C26H28F3N3O2/c1-18-4-3-5-19(10-18)11-24(33)31-9-8-25(17-34-2)16-32(15-21(25)14-31)22-7-6-20(13-30)23(12-22)26(27,28)29/h3-7,10,12,21H,8-9,11,14-17H2,1-2H3/t21-,25+/m1/s1. The summed E-state index contributed by atoms with van der Waals surface area (Å²) < 4.78 is 46.0. The number of benzene rings is 2. The van der Waals surface area contributed by atoms with Gasteiger partial charge in [0.25, 0.3) is 0 Å². The van der Waals surface area contributed by atoms with E-state index >= 15 is 0 Å². The Bertz CT molecular complexity index is 1110. The monoisotopic (exact) mass is 471 g/mol. The molecule has 0 radical (unpaired) electrons. The van der Waals surface area contributed by atoms with Crippen LogP contribution in [0.5, 0.6) is 0 Å². The second-order valence-corrected chi connectivity index (χ2v) is 9.47. The molecule has 0 unspecified atom stereocenters. The lowest BCUT2D eigenvalue weighted by atomic mass is 9.73. The fraction of sp³-hybridized carbons (Fsp3) is 0.462. The second-order valence-electron chi connectivity index (χ2n) is 9.47. The first-order valence-corrected chi connectivity index (χ1v) is 11.3. The first-order valence-electron chi connectivity index (χ1n) is 11.3. The summed E-state index contributed by atoms with van der Waals surface area (Å²) in [5.74, 6) is 0.139. The van der Waals surface area contributed by atoms with E-state index in [-0.39, 0.29) is 22.8 Å². The number of hydrogen-bond acceptors (Lipinski definition) is 4. The average Bonchev–Trinajstić information content (AvgIpc) is 3.17. The molecule has 2 aromatic carbocycles. The number of hydrogen-bond donors (Lipinski definition) is 0. The zero-order chi connectivity index (χ0) is 24.5. The van der Waals surface area contributed by atoms with Crippen LogP contribution in [-0.2, 0) is 22.1 Å². The lowest BCUT2D eigenvalue weighted by molar-refractivity contribution is -0.138. The Hall–Kier alpha value is -3.05. The van der Waals surface area contributed by atoms with Crippen LogP contribution in [0.1, 0.15) is 28.7 Å². The van der Waals surface area contributed by atoms with E-state index in [2.05, 4.69) is 0 Å². The Labute approximate surface area is 197 Å². The third-order valence-corrected chi connectivity index (χ3v) is 7.15. The summed E-state index contributed by atoms with van der Waals surface area (Å²) in [6.45, 7) is 4.70. The molecule has 2 atom stereocenters. The molecule has 180 valence electrons. The quantitative estimate of drug-likeness (QED) is 0.648. The molecule has 0 aromatic heterocycles. The van der Waals surface area contributed by atoms with E-state index in [0.717, 1.165) is 23.6 Å². The largest absolute Gasteiger partial charge is 0.417 e. The van der Waals surface area contributed by atoms with Gasteiger partial charge in [-0.15, -0.1) is 0 Å². The van der Waals surface area contributed by atoms with Gasteiger partial charge in [0.15, 0.2) is 0 Å². The highest BCUT2D eigenvalue weighted by Crippen LogP contribution is 2.45. The molecule has 1 amide bonds. The predicted octanol–water partition coefficient (Wildman–Crippen LogP) is 4.43. The molecule has 0 bridgehead atoms. The Balaban J connectivity index is 1.54. The number of carbonyl (C=O) groups excluding carboxylic acids is 1. The molecule has 5 nitrogen and oxygen atoms in total. The van der Waals surface area contributed by atoms with Crippen LogP contribution in [0.3, 0.4) is 0 Å². The number of amides is 1. The van der Waals surface area contributed by atoms with E-state index < -0.39 is 11.7 Å². The van der Waals surface area contributed by atoms with Crippen LogP contribution in [0.25, 0.3) is 0 Å². The SMILES string of the molecule is COC[C@@]12CCN(C(=O)Cc3cccc(C)c3)C[C@@H]1CN(c1ccc(C#N)c(C(F)(F)F)c1)C2. The number of aryl methyl sites for hydroxylation is 1. The van der Waals surface area contributed by atoms with E-state index in [9.17, 15) is 18.0 Å². The number of ether oxygens (including phenoxy) is 1. The molecule has 34 heavy (non-hydrogen) atoms. The van der Waals surface area contributed by atoms with Gasteiger partial charge in [-0.2, -0.15) is 18.4 Å². The Morgan fingerprint density at radius 3 is 2.71 bits per heavy atom. The van der Waals surface area contributed by atoms with Crippen LogP contribution in [0, 0.1) is 29.6 Å². The maximum atomic E-state index is 13.5. The number of anilines is 1. The fourth-order valence-corrected chi connectivity index (χ4v) is 5.40. The van der Waals surface area contributed by atoms with E-state index in [4.69, 9.17) is 10.00 Å². The number of alkyl halides is 3. The summed E-state index contributed by atoms with van der Waals surface area (Å²) in [5, 5.41) is 9.10. The molecular formula is C26H28F3N3O2. The number of methoxy groups -OCH3 is 1. The van der Waals surface area contributed by atoms with Crippen molar-refractivity contribution in [2.45, 2.75) is 25.9 Å². The van der Waals surface area contributed by atoms with Crippen molar-refractivity contribution in [2.24, 2.45) is 11.3 Å². The highest BCUT2D eigenvalue weighted by molar-refractivity contribution is 5.79. The van der Waals surface area contributed by atoms with Crippen LogP contribution >= 0.6 is 0 Å². The second kappa shape index (κ2) is 9.30. The van der Waals surface area contributed by atoms with Crippen molar-refractivity contribution < 1.29 is 22.7 Å². The summed E-state index contributed by atoms with van der Waals surface area (Å²) in [4.78, 5) is 16.9. The number of likely N-dealkylation sites (tertiary alicyclic amines) is 1. The zero-order valence-electron chi connectivity index (χ0n) is 19.4. The highest BCUT2D eigenvalue weighted by Gasteiger charge is 2.50. The molecule has 4 rings (SSSR count).